The van der Waals surface area contributed by atoms with Crippen LogP contribution >= 0.6 is 15.9 Å². The Balaban J connectivity index is 2.50. The fourth-order valence-electron chi connectivity index (χ4n) is 1.25. The summed E-state index contributed by atoms with van der Waals surface area (Å²) in [7, 11) is 0. The Labute approximate surface area is 93.6 Å². The minimum Gasteiger partial charge on any atom is -0.493 e. The third-order valence-electron chi connectivity index (χ3n) is 1.91. The van der Waals surface area contributed by atoms with E-state index < -0.39 is 0 Å². The van der Waals surface area contributed by atoms with Crippen LogP contribution in [0.15, 0.2) is 24.3 Å². The number of halogens is 1. The van der Waals surface area contributed by atoms with E-state index in [0.29, 0.717) is 6.61 Å². The number of hydrogen-bond acceptors (Lipinski definition) is 2. The first-order valence-electron chi connectivity index (χ1n) is 4.84. The average Bonchev–Trinajstić information content (AvgIpc) is 2.24. The lowest BCUT2D eigenvalue weighted by atomic mass is 10.1. The highest BCUT2D eigenvalue weighted by Gasteiger charge is 1.96. The maximum atomic E-state index is 5.50. The maximum Gasteiger partial charge on any atom is 0.119 e. The number of benzene rings is 1. The van der Waals surface area contributed by atoms with Crippen LogP contribution in [0.4, 0.5) is 0 Å². The highest BCUT2D eigenvalue weighted by Crippen LogP contribution is 2.14. The maximum absolute atomic E-state index is 5.50. The molecule has 14 heavy (non-hydrogen) atoms. The lowest BCUT2D eigenvalue weighted by Gasteiger charge is -2.06. The zero-order chi connectivity index (χ0) is 10.2. The minimum absolute atomic E-state index is 0.709. The van der Waals surface area contributed by atoms with Crippen molar-refractivity contribution in [2.24, 2.45) is 5.73 Å². The minimum atomic E-state index is 0.709. The highest BCUT2D eigenvalue weighted by atomic mass is 79.9. The molecule has 0 saturated heterocycles. The molecule has 0 aliphatic carbocycles. The van der Waals surface area contributed by atoms with Crippen molar-refractivity contribution in [2.45, 2.75) is 12.8 Å². The molecule has 1 aromatic carbocycles. The largest absolute Gasteiger partial charge is 0.493 e. The molecular formula is C11H16BrNO. The summed E-state index contributed by atoms with van der Waals surface area (Å²) in [5.41, 5.74) is 6.75. The van der Waals surface area contributed by atoms with E-state index in [9.17, 15) is 0 Å². The number of rotatable bonds is 6. The van der Waals surface area contributed by atoms with Crippen molar-refractivity contribution in [2.75, 3.05) is 18.5 Å². The van der Waals surface area contributed by atoms with Crippen LogP contribution in [0.2, 0.25) is 0 Å². The second-order valence-electron chi connectivity index (χ2n) is 3.08. The number of ether oxygens (including phenoxy) is 1. The zero-order valence-electron chi connectivity index (χ0n) is 8.21. The summed E-state index contributed by atoms with van der Waals surface area (Å²) in [5, 5.41) is 0.861. The molecule has 0 aliphatic heterocycles. The molecule has 0 radical (unpaired) electrons. The normalized spacial score (nSPS) is 10.1. The van der Waals surface area contributed by atoms with Gasteiger partial charge in [0.25, 0.3) is 0 Å². The fraction of sp³-hybridized carbons (Fsp3) is 0.455. The zero-order valence-corrected chi connectivity index (χ0v) is 9.79. The molecule has 3 heteroatoms. The second kappa shape index (κ2) is 6.85. The number of aryl methyl sites for hydroxylation is 1. The smallest absolute Gasteiger partial charge is 0.119 e. The standard InChI is InChI=1S/C11H16BrNO/c12-6-8-14-11-5-1-3-10(9-11)4-2-7-13/h1,3,5,9H,2,4,6-8,13H2. The predicted octanol–water partition coefficient (Wildman–Crippen LogP) is 2.35. The van der Waals surface area contributed by atoms with Crippen LogP contribution in [0.5, 0.6) is 5.75 Å². The number of alkyl halides is 1. The molecule has 0 spiro atoms. The van der Waals surface area contributed by atoms with E-state index in [4.69, 9.17) is 10.5 Å². The van der Waals surface area contributed by atoms with E-state index in [1.165, 1.54) is 5.56 Å². The van der Waals surface area contributed by atoms with Crippen molar-refractivity contribution in [1.29, 1.82) is 0 Å². The molecule has 2 N–H and O–H groups in total. The van der Waals surface area contributed by atoms with Gasteiger partial charge in [-0.1, -0.05) is 28.1 Å². The van der Waals surface area contributed by atoms with Gasteiger partial charge < -0.3 is 10.5 Å². The molecule has 0 fully saturated rings. The van der Waals surface area contributed by atoms with Crippen molar-refractivity contribution in [3.8, 4) is 5.75 Å². The molecule has 0 heterocycles. The van der Waals surface area contributed by atoms with Crippen LogP contribution in [-0.2, 0) is 6.42 Å². The third kappa shape index (κ3) is 4.11. The Kier molecular flexibility index (Phi) is 5.64. The van der Waals surface area contributed by atoms with E-state index in [2.05, 4.69) is 28.1 Å². The highest BCUT2D eigenvalue weighted by molar-refractivity contribution is 9.09. The Bertz CT molecular complexity index is 242. The van der Waals surface area contributed by atoms with Crippen LogP contribution in [0.3, 0.4) is 0 Å². The lowest BCUT2D eigenvalue weighted by Crippen LogP contribution is -2.01. The van der Waals surface area contributed by atoms with Gasteiger partial charge in [0, 0.05) is 5.33 Å². The van der Waals surface area contributed by atoms with Crippen molar-refractivity contribution in [3.05, 3.63) is 29.8 Å². The van der Waals surface area contributed by atoms with E-state index in [-0.39, 0.29) is 0 Å². The summed E-state index contributed by atoms with van der Waals surface area (Å²) >= 11 is 3.33. The molecule has 0 aromatic heterocycles. The van der Waals surface area contributed by atoms with Gasteiger partial charge in [0.05, 0.1) is 6.61 Å². The SMILES string of the molecule is NCCCc1cccc(OCCBr)c1. The summed E-state index contributed by atoms with van der Waals surface area (Å²) in [5.74, 6) is 0.943. The molecule has 78 valence electrons. The molecular weight excluding hydrogens is 242 g/mol. The van der Waals surface area contributed by atoms with Crippen LogP contribution in [0, 0.1) is 0 Å². The molecule has 0 unspecified atom stereocenters. The van der Waals surface area contributed by atoms with Crippen LogP contribution < -0.4 is 10.5 Å². The van der Waals surface area contributed by atoms with Crippen LogP contribution in [0.25, 0.3) is 0 Å². The van der Waals surface area contributed by atoms with Crippen molar-refractivity contribution < 1.29 is 4.74 Å². The lowest BCUT2D eigenvalue weighted by molar-refractivity contribution is 0.344. The fourth-order valence-corrected chi connectivity index (χ4v) is 1.42. The van der Waals surface area contributed by atoms with Crippen LogP contribution in [-0.4, -0.2) is 18.5 Å². The van der Waals surface area contributed by atoms with Crippen molar-refractivity contribution >= 4 is 15.9 Å². The first-order valence-corrected chi connectivity index (χ1v) is 5.96. The van der Waals surface area contributed by atoms with Gasteiger partial charge in [0.2, 0.25) is 0 Å². The van der Waals surface area contributed by atoms with Gasteiger partial charge in [0.15, 0.2) is 0 Å². The molecule has 0 amide bonds. The van der Waals surface area contributed by atoms with Gasteiger partial charge in [0.1, 0.15) is 5.75 Å². The van der Waals surface area contributed by atoms with Crippen molar-refractivity contribution in [3.63, 3.8) is 0 Å². The number of nitrogens with two attached hydrogens (primary N) is 1. The third-order valence-corrected chi connectivity index (χ3v) is 2.24. The summed E-state index contributed by atoms with van der Waals surface area (Å²) in [6, 6.07) is 8.19. The van der Waals surface area contributed by atoms with E-state index in [1.807, 2.05) is 12.1 Å². The summed E-state index contributed by atoms with van der Waals surface area (Å²) < 4.78 is 5.50. The van der Waals surface area contributed by atoms with Gasteiger partial charge in [-0.3, -0.25) is 0 Å². The Morgan fingerprint density at radius 1 is 1.36 bits per heavy atom. The average molecular weight is 258 g/mol. The first-order chi connectivity index (χ1) is 6.86. The Morgan fingerprint density at radius 3 is 2.93 bits per heavy atom. The van der Waals surface area contributed by atoms with Gasteiger partial charge in [-0.15, -0.1) is 0 Å². The molecule has 1 aromatic rings. The van der Waals surface area contributed by atoms with Gasteiger partial charge in [-0.05, 0) is 37.1 Å². The summed E-state index contributed by atoms with van der Waals surface area (Å²) in [4.78, 5) is 0. The van der Waals surface area contributed by atoms with Crippen LogP contribution in [0.1, 0.15) is 12.0 Å². The molecule has 0 atom stereocenters. The Hall–Kier alpha value is -0.540. The Morgan fingerprint density at radius 2 is 2.21 bits per heavy atom. The first kappa shape index (κ1) is 11.5. The molecule has 2 nitrogen and oxygen atoms in total. The van der Waals surface area contributed by atoms with E-state index in [0.717, 1.165) is 30.5 Å². The molecule has 0 saturated carbocycles. The topological polar surface area (TPSA) is 35.2 Å². The summed E-state index contributed by atoms with van der Waals surface area (Å²) in [6.07, 6.45) is 2.06. The van der Waals surface area contributed by atoms with E-state index in [1.54, 1.807) is 0 Å². The van der Waals surface area contributed by atoms with E-state index >= 15 is 0 Å². The summed E-state index contributed by atoms with van der Waals surface area (Å²) in [6.45, 7) is 1.45. The van der Waals surface area contributed by atoms with Gasteiger partial charge >= 0.3 is 0 Å². The van der Waals surface area contributed by atoms with Gasteiger partial charge in [-0.2, -0.15) is 0 Å². The molecule has 1 rings (SSSR count). The quantitative estimate of drug-likeness (QED) is 0.795. The monoisotopic (exact) mass is 257 g/mol. The van der Waals surface area contributed by atoms with Crippen molar-refractivity contribution in [1.82, 2.24) is 0 Å². The number of hydrogen-bond donors (Lipinski definition) is 1. The predicted molar refractivity (Wildman–Crippen MR) is 63.1 cm³/mol. The van der Waals surface area contributed by atoms with Gasteiger partial charge in [-0.25, -0.2) is 0 Å². The molecule has 0 aliphatic rings. The second-order valence-corrected chi connectivity index (χ2v) is 3.87. The molecule has 0 bridgehead atoms.